The number of nitrogens with two attached hydrogens (primary N) is 1. The van der Waals surface area contributed by atoms with Gasteiger partial charge in [0, 0.05) is 28.6 Å². The Morgan fingerprint density at radius 2 is 2.00 bits per heavy atom. The highest BCUT2D eigenvalue weighted by Crippen LogP contribution is 2.42. The first-order valence-corrected chi connectivity index (χ1v) is 6.01. The highest BCUT2D eigenvalue weighted by Gasteiger charge is 2.31. The van der Waals surface area contributed by atoms with Crippen LogP contribution in [0.5, 0.6) is 5.75 Å². The number of aromatic hydroxyl groups is 1. The molecule has 0 saturated heterocycles. The van der Waals surface area contributed by atoms with E-state index in [1.165, 1.54) is 0 Å². The molecule has 0 fully saturated rings. The monoisotopic (exact) mass is 343 g/mol. The number of halogens is 3. The van der Waals surface area contributed by atoms with Crippen molar-refractivity contribution in [1.82, 2.24) is 0 Å². The van der Waals surface area contributed by atoms with E-state index in [0.29, 0.717) is 15.1 Å². The summed E-state index contributed by atoms with van der Waals surface area (Å²) in [5, 5.41) is 19.6. The number of rotatable bonds is 3. The summed E-state index contributed by atoms with van der Waals surface area (Å²) in [4.78, 5) is 0. The van der Waals surface area contributed by atoms with Gasteiger partial charge in [-0.25, -0.2) is 0 Å². The van der Waals surface area contributed by atoms with Crippen molar-refractivity contribution in [3.8, 4) is 5.75 Å². The summed E-state index contributed by atoms with van der Waals surface area (Å²) < 4.78 is 0.538. The molecule has 0 unspecified atom stereocenters. The van der Waals surface area contributed by atoms with Crippen LogP contribution in [0.25, 0.3) is 0 Å². The smallest absolute Gasteiger partial charge is 0.136 e. The van der Waals surface area contributed by atoms with E-state index in [2.05, 4.69) is 15.9 Å². The molecular weight excluding hydrogens is 329 g/mol. The molecule has 0 aliphatic carbocycles. The van der Waals surface area contributed by atoms with Crippen LogP contribution >= 0.6 is 39.9 Å². The number of phenols is 1. The number of phenolic OH excluding ortho intramolecular Hbond substituents is 1. The van der Waals surface area contributed by atoms with Gasteiger partial charge in [-0.05, 0) is 28.1 Å². The highest BCUT2D eigenvalue weighted by molar-refractivity contribution is 9.10. The number of benzene rings is 1. The molecule has 0 spiro atoms. The summed E-state index contributed by atoms with van der Waals surface area (Å²) in [6.07, 6.45) is 0. The first-order chi connectivity index (χ1) is 7.31. The quantitative estimate of drug-likeness (QED) is 0.788. The van der Waals surface area contributed by atoms with Crippen molar-refractivity contribution in [1.29, 1.82) is 0 Å². The molecule has 0 bridgehead atoms. The molecule has 1 rings (SSSR count). The van der Waals surface area contributed by atoms with Crippen LogP contribution < -0.4 is 5.73 Å². The van der Waals surface area contributed by atoms with E-state index in [0.717, 1.165) is 0 Å². The Balaban J connectivity index is 0.00000256. The second-order valence-corrected chi connectivity index (χ2v) is 5.68. The fraction of sp³-hybridized carbons (Fsp3) is 0.455. The molecule has 0 aliphatic heterocycles. The van der Waals surface area contributed by atoms with Crippen LogP contribution in [0.15, 0.2) is 16.6 Å². The van der Waals surface area contributed by atoms with Crippen LogP contribution in [0.3, 0.4) is 0 Å². The zero-order valence-electron chi connectivity index (χ0n) is 9.58. The van der Waals surface area contributed by atoms with Crippen molar-refractivity contribution in [2.75, 3.05) is 6.61 Å². The van der Waals surface area contributed by atoms with Gasteiger partial charge in [-0.1, -0.05) is 25.4 Å². The first-order valence-electron chi connectivity index (χ1n) is 4.84. The molecule has 0 aromatic heterocycles. The van der Waals surface area contributed by atoms with Gasteiger partial charge in [-0.15, -0.1) is 12.4 Å². The minimum Gasteiger partial charge on any atom is -0.506 e. The topological polar surface area (TPSA) is 66.5 Å². The molecule has 0 aliphatic rings. The Morgan fingerprint density at radius 1 is 1.47 bits per heavy atom. The van der Waals surface area contributed by atoms with Crippen LogP contribution in [0.4, 0.5) is 0 Å². The number of hydrogen-bond acceptors (Lipinski definition) is 3. The van der Waals surface area contributed by atoms with E-state index >= 15 is 0 Å². The highest BCUT2D eigenvalue weighted by atomic mass is 79.9. The van der Waals surface area contributed by atoms with Gasteiger partial charge in [0.15, 0.2) is 0 Å². The van der Waals surface area contributed by atoms with Gasteiger partial charge in [0.05, 0.1) is 4.47 Å². The van der Waals surface area contributed by atoms with Crippen LogP contribution in [-0.4, -0.2) is 16.8 Å². The molecule has 1 atom stereocenters. The average Bonchev–Trinajstić information content (AvgIpc) is 2.24. The van der Waals surface area contributed by atoms with Gasteiger partial charge >= 0.3 is 0 Å². The second kappa shape index (κ2) is 6.25. The van der Waals surface area contributed by atoms with Gasteiger partial charge in [0.1, 0.15) is 5.75 Å². The summed E-state index contributed by atoms with van der Waals surface area (Å²) >= 11 is 9.23. The number of hydrogen-bond donors (Lipinski definition) is 3. The minimum atomic E-state index is -0.554. The summed E-state index contributed by atoms with van der Waals surface area (Å²) in [7, 11) is 0. The van der Waals surface area contributed by atoms with Gasteiger partial charge in [0.25, 0.3) is 0 Å². The molecule has 0 radical (unpaired) electrons. The third-order valence-corrected chi connectivity index (χ3v) is 3.64. The molecule has 6 heteroatoms. The zero-order valence-corrected chi connectivity index (χ0v) is 12.7. The predicted octanol–water partition coefficient (Wildman–Crippen LogP) is 3.25. The lowest BCUT2D eigenvalue weighted by molar-refractivity contribution is 0.131. The molecule has 0 amide bonds. The van der Waals surface area contributed by atoms with Crippen LogP contribution in [0, 0.1) is 5.41 Å². The molecule has 1 aromatic carbocycles. The van der Waals surface area contributed by atoms with Gasteiger partial charge < -0.3 is 15.9 Å². The maximum Gasteiger partial charge on any atom is 0.136 e. The van der Waals surface area contributed by atoms with Crippen LogP contribution in [0.1, 0.15) is 25.5 Å². The molecule has 1 aromatic rings. The van der Waals surface area contributed by atoms with Gasteiger partial charge in [0.2, 0.25) is 0 Å². The molecule has 3 nitrogen and oxygen atoms in total. The fourth-order valence-electron chi connectivity index (χ4n) is 1.34. The molecular formula is C11H16BrCl2NO2. The van der Waals surface area contributed by atoms with E-state index in [-0.39, 0.29) is 24.8 Å². The predicted molar refractivity (Wildman–Crippen MR) is 75.9 cm³/mol. The van der Waals surface area contributed by atoms with E-state index in [9.17, 15) is 10.2 Å². The molecule has 17 heavy (non-hydrogen) atoms. The molecule has 0 saturated carbocycles. The Bertz CT molecular complexity index is 399. The van der Waals surface area contributed by atoms with Crippen molar-refractivity contribution in [2.24, 2.45) is 11.1 Å². The van der Waals surface area contributed by atoms with E-state index in [1.807, 2.05) is 13.8 Å². The summed E-state index contributed by atoms with van der Waals surface area (Å²) in [5.74, 6) is 0.0292. The largest absolute Gasteiger partial charge is 0.506 e. The van der Waals surface area contributed by atoms with Crippen molar-refractivity contribution in [3.05, 3.63) is 27.2 Å². The van der Waals surface area contributed by atoms with Gasteiger partial charge in [-0.2, -0.15) is 0 Å². The van der Waals surface area contributed by atoms with Crippen molar-refractivity contribution in [3.63, 3.8) is 0 Å². The maximum atomic E-state index is 9.91. The van der Waals surface area contributed by atoms with Crippen LogP contribution in [0.2, 0.25) is 5.02 Å². The van der Waals surface area contributed by atoms with E-state index in [1.54, 1.807) is 12.1 Å². The Kier molecular flexibility index (Phi) is 6.25. The molecule has 4 N–H and O–H groups in total. The molecule has 0 heterocycles. The summed E-state index contributed by atoms with van der Waals surface area (Å²) in [6, 6.07) is 2.77. The second-order valence-electron chi connectivity index (χ2n) is 4.42. The Labute approximate surface area is 121 Å². The van der Waals surface area contributed by atoms with Crippen molar-refractivity contribution in [2.45, 2.75) is 19.9 Å². The normalized spacial score (nSPS) is 13.1. The lowest BCUT2D eigenvalue weighted by Gasteiger charge is -2.30. The Hall–Kier alpha value is -0.000000000000000111. The third kappa shape index (κ3) is 3.48. The zero-order chi connectivity index (χ0) is 12.5. The SMILES string of the molecule is CC(C)(CO)[C@@H](N)c1c(Cl)ccc(Br)c1O.Cl. The molecule has 98 valence electrons. The van der Waals surface area contributed by atoms with Crippen LogP contribution in [-0.2, 0) is 0 Å². The van der Waals surface area contributed by atoms with E-state index < -0.39 is 11.5 Å². The third-order valence-electron chi connectivity index (χ3n) is 2.68. The minimum absolute atomic E-state index is 0. The van der Waals surface area contributed by atoms with Crippen molar-refractivity contribution < 1.29 is 10.2 Å². The van der Waals surface area contributed by atoms with Crippen molar-refractivity contribution >= 4 is 39.9 Å². The fourth-order valence-corrected chi connectivity index (χ4v) is 1.96. The Morgan fingerprint density at radius 3 is 2.47 bits per heavy atom. The average molecular weight is 345 g/mol. The lowest BCUT2D eigenvalue weighted by Crippen LogP contribution is -2.32. The standard InChI is InChI=1S/C11H15BrClNO2.ClH/c1-11(2,5-15)10(14)8-7(13)4-3-6(12)9(8)16;/h3-4,10,15-16H,5,14H2,1-2H3;1H/t10-;/m0./s1. The van der Waals surface area contributed by atoms with E-state index in [4.69, 9.17) is 17.3 Å². The maximum absolute atomic E-state index is 9.91. The summed E-state index contributed by atoms with van der Waals surface area (Å²) in [6.45, 7) is 3.54. The lowest BCUT2D eigenvalue weighted by atomic mass is 9.81. The van der Waals surface area contributed by atoms with Gasteiger partial charge in [-0.3, -0.25) is 0 Å². The number of aliphatic hydroxyl groups is 1. The summed E-state index contributed by atoms with van der Waals surface area (Å²) in [5.41, 5.74) is 5.93. The number of aliphatic hydroxyl groups excluding tert-OH is 1. The first kappa shape index (κ1) is 17.0.